The van der Waals surface area contributed by atoms with E-state index >= 15 is 0 Å². The molecule has 12 rings (SSSR count). The molecule has 0 bridgehead atoms. The normalized spacial score (nSPS) is 29.3. The summed E-state index contributed by atoms with van der Waals surface area (Å²) >= 11 is 0. The maximum Gasteiger partial charge on any atom is 0.224 e. The molecule has 6 spiro atoms. The minimum atomic E-state index is -0.691. The summed E-state index contributed by atoms with van der Waals surface area (Å²) in [6.45, 7) is 21.2. The minimum Gasteiger partial charge on any atom is -0.496 e. The van der Waals surface area contributed by atoms with Crippen LogP contribution in [0.3, 0.4) is 0 Å². The van der Waals surface area contributed by atoms with Crippen LogP contribution in [0.5, 0.6) is 5.75 Å². The van der Waals surface area contributed by atoms with Gasteiger partial charge in [-0.05, 0) is 181 Å². The quantitative estimate of drug-likeness (QED) is 0.209. The molecule has 9 saturated heterocycles. The van der Waals surface area contributed by atoms with E-state index in [1.807, 2.05) is 0 Å². The van der Waals surface area contributed by atoms with Gasteiger partial charge in [0.05, 0.1) is 83.4 Å². The third kappa shape index (κ3) is 40.1. The van der Waals surface area contributed by atoms with E-state index in [0.717, 1.165) is 198 Å². The van der Waals surface area contributed by atoms with Gasteiger partial charge in [0.25, 0.3) is 0 Å². The first kappa shape index (κ1) is 136. The summed E-state index contributed by atoms with van der Waals surface area (Å²) in [5.74, 6) is -3.14. The third-order valence-corrected chi connectivity index (χ3v) is 21.0. The van der Waals surface area contributed by atoms with E-state index in [1.165, 1.54) is 44.5 Å². The molecule has 9 unspecified atom stereocenters. The van der Waals surface area contributed by atoms with Gasteiger partial charge in [-0.15, -0.1) is 55.4 Å². The third-order valence-electron chi connectivity index (χ3n) is 18.2. The van der Waals surface area contributed by atoms with Crippen LogP contribution in [0.4, 0.5) is 0 Å². The van der Waals surface area contributed by atoms with Gasteiger partial charge in [0, 0.05) is 491 Å². The maximum atomic E-state index is 6.45. The Morgan fingerprint density at radius 1 is 0.282 bits per heavy atom. The number of rotatable bonds is 7. The molecular formula is C72H126Ar12O13P6. The minimum absolute atomic E-state index is 0. The second kappa shape index (κ2) is 71.6. The number of hydrogen-bond acceptors (Lipinski definition) is 13. The van der Waals surface area contributed by atoms with Crippen molar-refractivity contribution in [2.45, 2.75) is 265 Å². The number of methoxy groups -OCH3 is 1. The van der Waals surface area contributed by atoms with Gasteiger partial charge in [-0.3, -0.25) is 0 Å². The van der Waals surface area contributed by atoms with Crippen molar-refractivity contribution in [1.29, 1.82) is 0 Å². The Morgan fingerprint density at radius 2 is 0.447 bits per heavy atom. The van der Waals surface area contributed by atoms with Crippen molar-refractivity contribution in [3.05, 3.63) is 99.1 Å². The first-order chi connectivity index (χ1) is 42.4. The largest absolute Gasteiger partial charge is 0.496 e. The molecule has 618 valence electrons. The zero-order chi connectivity index (χ0) is 63.4. The Kier molecular flexibility index (Phi) is 94.3. The van der Waals surface area contributed by atoms with Crippen molar-refractivity contribution in [2.75, 3.05) is 83.7 Å². The fourth-order valence-corrected chi connectivity index (χ4v) is 16.4. The van der Waals surface area contributed by atoms with Crippen LogP contribution in [0.2, 0.25) is 0 Å². The summed E-state index contributed by atoms with van der Waals surface area (Å²) < 4.78 is 80.8. The van der Waals surface area contributed by atoms with Gasteiger partial charge in [-0.2, -0.15) is 0 Å². The predicted octanol–water partition coefficient (Wildman–Crippen LogP) is 16.4. The Labute approximate surface area is 1000 Å². The molecular weight excluding hydrogens is 1740 g/mol. The number of fused-ring (bicyclic) bond motifs is 3. The van der Waals surface area contributed by atoms with Crippen LogP contribution >= 0.6 is 55.4 Å². The first-order valence-corrected chi connectivity index (χ1v) is 38.1. The molecule has 0 saturated carbocycles. The molecule has 18 atom stereocenters. The number of benzene rings is 3. The van der Waals surface area contributed by atoms with Crippen LogP contribution in [0, 0.1) is 508 Å². The van der Waals surface area contributed by atoms with E-state index in [2.05, 4.69) is 165 Å². The molecule has 9 aliphatic rings. The molecule has 0 amide bonds. The fourth-order valence-electron chi connectivity index (χ4n) is 14.0. The van der Waals surface area contributed by atoms with Crippen LogP contribution in [-0.4, -0.2) is 155 Å². The van der Waals surface area contributed by atoms with Crippen LogP contribution in [0.1, 0.15) is 182 Å². The van der Waals surface area contributed by atoms with Crippen molar-refractivity contribution in [3.63, 3.8) is 0 Å². The number of aryl methyl sites for hydroxylation is 8. The van der Waals surface area contributed by atoms with Crippen molar-refractivity contribution < 1.29 is 514 Å². The molecule has 3 aromatic rings. The maximum absolute atomic E-state index is 6.45. The van der Waals surface area contributed by atoms with E-state index in [9.17, 15) is 0 Å². The summed E-state index contributed by atoms with van der Waals surface area (Å²) in [5, 5.41) is 0. The molecule has 0 aliphatic carbocycles. The number of hydrogen-bond donors (Lipinski definition) is 0. The average molecular weight is 1870 g/mol. The topological polar surface area (TPSA) is 120 Å². The zero-order valence-electron chi connectivity index (χ0n) is 59.4. The van der Waals surface area contributed by atoms with E-state index in [-0.39, 0.29) is 512 Å². The zero-order valence-corrected chi connectivity index (χ0v) is 74.8. The van der Waals surface area contributed by atoms with Crippen LogP contribution in [0.15, 0.2) is 54.6 Å². The van der Waals surface area contributed by atoms with E-state index in [4.69, 9.17) is 61.6 Å². The standard InChI is InChI=1S/3C14H26O4P2.C10H14O.C9H12.C8H10.3CH4.12Ar/c3*19-9-11-12(10-20)18-14(6-2-4-8-16-14)13(17-11)5-1-3-7-15-13;1-7-5-8(2)10(11-4)9(3)6-7;1-7-4-8(2)6-9(3)5-7;1-7-3-5-8(2)6-4-7;;;;;;;;;;;;;;;/h3*11-12H,1-10,19-20H2;5-6H,1-4H3;4-6H,1-3H3;3-6H,1-2H3;3*1H4;;;;;;;;;;;;/t3*11-,12-,13+,14?;;;;;;;;;;;;;;;;;;/m000................../s1. The van der Waals surface area contributed by atoms with Gasteiger partial charge in [0.15, 0.2) is 0 Å². The molecule has 3 aromatic carbocycles. The Bertz CT molecular complexity index is 2220. The summed E-state index contributed by atoms with van der Waals surface area (Å²) in [4.78, 5) is 0. The van der Waals surface area contributed by atoms with Crippen molar-refractivity contribution in [1.82, 2.24) is 0 Å². The molecule has 0 aromatic heterocycles. The first-order valence-electron chi connectivity index (χ1n) is 33.2. The second-order valence-corrected chi connectivity index (χ2v) is 28.3. The van der Waals surface area contributed by atoms with Gasteiger partial charge >= 0.3 is 0 Å². The molecule has 9 fully saturated rings. The van der Waals surface area contributed by atoms with Crippen molar-refractivity contribution in [2.24, 2.45) is 0 Å². The van der Waals surface area contributed by atoms with Crippen molar-refractivity contribution >= 4 is 55.4 Å². The summed E-state index contributed by atoms with van der Waals surface area (Å²) in [6.07, 6.45) is 24.0. The van der Waals surface area contributed by atoms with E-state index in [0.29, 0.717) is 0 Å². The van der Waals surface area contributed by atoms with Gasteiger partial charge in [-0.25, -0.2) is 0 Å². The molecule has 0 radical (unpaired) electrons. The van der Waals surface area contributed by atoms with Gasteiger partial charge in [-0.1, -0.05) is 110 Å². The predicted molar refractivity (Wildman–Crippen MR) is 396 cm³/mol. The van der Waals surface area contributed by atoms with Gasteiger partial charge in [0.2, 0.25) is 34.7 Å². The van der Waals surface area contributed by atoms with E-state index < -0.39 is 34.7 Å². The Balaban J connectivity index is -0.000000147. The monoisotopic (exact) mass is 1860 g/mol. The Morgan fingerprint density at radius 3 is 0.583 bits per heavy atom. The van der Waals surface area contributed by atoms with Crippen LogP contribution in [-0.2, 0) is 56.8 Å². The van der Waals surface area contributed by atoms with Gasteiger partial charge in [0.1, 0.15) is 5.75 Å². The van der Waals surface area contributed by atoms with E-state index in [1.54, 1.807) is 7.11 Å². The summed E-state index contributed by atoms with van der Waals surface area (Å²) in [6, 6.07) is 19.3. The molecule has 31 heteroatoms. The van der Waals surface area contributed by atoms with Gasteiger partial charge < -0.3 is 61.6 Å². The van der Waals surface area contributed by atoms with Crippen LogP contribution < -0.4 is 4.74 Å². The molecule has 9 aliphatic heterocycles. The Hall–Kier alpha value is 14.7. The average Bonchev–Trinajstić information content (AvgIpc) is 0.748. The SMILES string of the molecule is C.C.C.COc1c(C)cc(C)cc1C.Cc1cc(C)cc(C)c1.Cc1ccc(C)cc1.PC[C@@H]1OC2(CCCCO2)[C@@]2(CCCCO2)O[C@H]1CP.PC[C@@H]1OC2(CCCCO2)[C@@]2(CCCCO2)O[C@H]1CP.PC[C@@H]1OC2(CCCCO2)[C@@]2(CCCCO2)O[C@H]1CP.[Ar].[Ar].[Ar].[Ar].[Ar].[Ar].[Ar].[Ar].[Ar].[Ar].[Ar].[Ar]. The number of ether oxygens (including phenoxy) is 13. The summed E-state index contributed by atoms with van der Waals surface area (Å²) in [5.41, 5.74) is 10.4. The second-order valence-electron chi connectivity index (χ2n) is 25.5. The van der Waals surface area contributed by atoms with Crippen LogP contribution in [0.25, 0.3) is 0 Å². The molecule has 9 heterocycles. The summed E-state index contributed by atoms with van der Waals surface area (Å²) in [7, 11) is 18.3. The molecule has 103 heavy (non-hydrogen) atoms. The molecule has 0 N–H and O–H groups in total. The fraction of sp³-hybridized carbons (Fsp3) is 0.750. The van der Waals surface area contributed by atoms with Crippen molar-refractivity contribution in [3.8, 4) is 5.75 Å². The smallest absolute Gasteiger partial charge is 0.224 e. The molecule has 13 nitrogen and oxygen atoms in total.